The molecular weight excluding hydrogens is 356 g/mol. The summed E-state index contributed by atoms with van der Waals surface area (Å²) in [5, 5.41) is 19.6. The highest BCUT2D eigenvalue weighted by Gasteiger charge is 2.26. The summed E-state index contributed by atoms with van der Waals surface area (Å²) in [6.45, 7) is 0. The van der Waals surface area contributed by atoms with Gasteiger partial charge in [0, 0.05) is 18.2 Å². The van der Waals surface area contributed by atoms with Crippen molar-refractivity contribution in [1.82, 2.24) is 0 Å². The highest BCUT2D eigenvalue weighted by Crippen LogP contribution is 2.49. The SMILES string of the molecule is COc1cc(OC)c(-c2coc3cc(O)cc(O)c3c2=O)c(OC)c1OC. The van der Waals surface area contributed by atoms with Crippen molar-refractivity contribution in [2.24, 2.45) is 0 Å². The summed E-state index contributed by atoms with van der Waals surface area (Å²) in [6.07, 6.45) is 1.20. The Labute approximate surface area is 154 Å². The Hall–Kier alpha value is -3.55. The van der Waals surface area contributed by atoms with E-state index in [2.05, 4.69) is 0 Å². The van der Waals surface area contributed by atoms with Gasteiger partial charge in [-0.2, -0.15) is 0 Å². The maximum atomic E-state index is 13.1. The van der Waals surface area contributed by atoms with E-state index in [1.807, 2.05) is 0 Å². The Bertz CT molecular complexity index is 1070. The third-order valence-electron chi connectivity index (χ3n) is 4.12. The molecule has 1 heterocycles. The van der Waals surface area contributed by atoms with Crippen molar-refractivity contribution in [3.63, 3.8) is 0 Å². The van der Waals surface area contributed by atoms with Crippen LogP contribution in [0.4, 0.5) is 0 Å². The Morgan fingerprint density at radius 1 is 0.852 bits per heavy atom. The van der Waals surface area contributed by atoms with Crippen LogP contribution in [0.25, 0.3) is 22.1 Å². The molecule has 2 N–H and O–H groups in total. The average Bonchev–Trinajstić information content (AvgIpc) is 2.66. The molecule has 27 heavy (non-hydrogen) atoms. The molecule has 0 bridgehead atoms. The van der Waals surface area contributed by atoms with E-state index >= 15 is 0 Å². The molecule has 0 atom stereocenters. The van der Waals surface area contributed by atoms with Crippen LogP contribution < -0.4 is 24.4 Å². The number of rotatable bonds is 5. The first-order valence-corrected chi connectivity index (χ1v) is 7.81. The average molecular weight is 374 g/mol. The standard InChI is InChI=1S/C19H18O8/c1-23-12-7-14(24-2)18(25-3)19(26-4)15(12)10-8-27-13-6-9(20)5-11(21)16(13)17(10)22/h5-8,20-21H,1-4H3. The van der Waals surface area contributed by atoms with E-state index in [4.69, 9.17) is 23.4 Å². The van der Waals surface area contributed by atoms with Crippen LogP contribution in [0.1, 0.15) is 0 Å². The molecule has 0 fully saturated rings. The number of aromatic hydroxyl groups is 2. The van der Waals surface area contributed by atoms with E-state index in [9.17, 15) is 15.0 Å². The first-order valence-electron chi connectivity index (χ1n) is 7.81. The summed E-state index contributed by atoms with van der Waals surface area (Å²) in [5.74, 6) is 0.488. The zero-order valence-electron chi connectivity index (χ0n) is 15.2. The molecule has 0 aliphatic carbocycles. The van der Waals surface area contributed by atoms with Crippen molar-refractivity contribution < 1.29 is 33.6 Å². The van der Waals surface area contributed by atoms with Crippen LogP contribution >= 0.6 is 0 Å². The van der Waals surface area contributed by atoms with Crippen LogP contribution in [-0.2, 0) is 0 Å². The summed E-state index contributed by atoms with van der Waals surface area (Å²) < 4.78 is 27.0. The van der Waals surface area contributed by atoms with Gasteiger partial charge in [-0.3, -0.25) is 4.79 Å². The maximum absolute atomic E-state index is 13.1. The minimum atomic E-state index is -0.530. The van der Waals surface area contributed by atoms with Gasteiger partial charge in [-0.1, -0.05) is 0 Å². The third kappa shape index (κ3) is 2.84. The lowest BCUT2D eigenvalue weighted by atomic mass is 10.0. The molecular formula is C19H18O8. The lowest BCUT2D eigenvalue weighted by molar-refractivity contribution is 0.320. The van der Waals surface area contributed by atoms with Crippen molar-refractivity contribution in [3.05, 3.63) is 34.7 Å². The molecule has 8 heteroatoms. The topological polar surface area (TPSA) is 108 Å². The Balaban J connectivity index is 2.44. The molecule has 2 aromatic carbocycles. The van der Waals surface area contributed by atoms with Crippen molar-refractivity contribution in [2.45, 2.75) is 0 Å². The quantitative estimate of drug-likeness (QED) is 0.702. The minimum absolute atomic E-state index is 0.0414. The highest BCUT2D eigenvalue weighted by atomic mass is 16.5. The van der Waals surface area contributed by atoms with Gasteiger partial charge < -0.3 is 33.6 Å². The van der Waals surface area contributed by atoms with Gasteiger partial charge >= 0.3 is 0 Å². The monoisotopic (exact) mass is 374 g/mol. The molecule has 8 nitrogen and oxygen atoms in total. The van der Waals surface area contributed by atoms with Gasteiger partial charge in [-0.15, -0.1) is 0 Å². The number of benzene rings is 2. The summed E-state index contributed by atoms with van der Waals surface area (Å²) >= 11 is 0. The van der Waals surface area contributed by atoms with Crippen molar-refractivity contribution in [2.75, 3.05) is 28.4 Å². The van der Waals surface area contributed by atoms with Crippen LogP contribution in [0.2, 0.25) is 0 Å². The molecule has 0 saturated heterocycles. The Morgan fingerprint density at radius 2 is 1.52 bits per heavy atom. The smallest absolute Gasteiger partial charge is 0.204 e. The summed E-state index contributed by atoms with van der Waals surface area (Å²) in [7, 11) is 5.75. The number of phenols is 2. The molecule has 0 radical (unpaired) electrons. The van der Waals surface area contributed by atoms with Gasteiger partial charge in [-0.05, 0) is 0 Å². The fourth-order valence-corrected chi connectivity index (χ4v) is 2.94. The van der Waals surface area contributed by atoms with Gasteiger partial charge in [0.05, 0.1) is 39.6 Å². The highest BCUT2D eigenvalue weighted by molar-refractivity contribution is 5.91. The van der Waals surface area contributed by atoms with Gasteiger partial charge in [0.2, 0.25) is 11.2 Å². The van der Waals surface area contributed by atoms with Crippen molar-refractivity contribution >= 4 is 11.0 Å². The maximum Gasteiger partial charge on any atom is 0.204 e. The van der Waals surface area contributed by atoms with Gasteiger partial charge in [0.1, 0.15) is 34.5 Å². The third-order valence-corrected chi connectivity index (χ3v) is 4.12. The minimum Gasteiger partial charge on any atom is -0.508 e. The largest absolute Gasteiger partial charge is 0.508 e. The van der Waals surface area contributed by atoms with Crippen LogP contribution in [-0.4, -0.2) is 38.7 Å². The summed E-state index contributed by atoms with van der Waals surface area (Å²) in [4.78, 5) is 13.1. The molecule has 3 rings (SSSR count). The molecule has 0 aliphatic rings. The van der Waals surface area contributed by atoms with E-state index in [1.165, 1.54) is 40.8 Å². The van der Waals surface area contributed by atoms with E-state index in [-0.39, 0.29) is 45.1 Å². The number of hydrogen-bond acceptors (Lipinski definition) is 8. The molecule has 3 aromatic rings. The normalized spacial score (nSPS) is 10.7. The van der Waals surface area contributed by atoms with E-state index in [1.54, 1.807) is 6.07 Å². The van der Waals surface area contributed by atoms with Crippen LogP contribution in [0.3, 0.4) is 0 Å². The van der Waals surface area contributed by atoms with Crippen LogP contribution in [0.5, 0.6) is 34.5 Å². The number of phenolic OH excluding ortho intramolecular Hbond substituents is 2. The second-order valence-corrected chi connectivity index (χ2v) is 5.54. The number of fused-ring (bicyclic) bond motifs is 1. The number of hydrogen-bond donors (Lipinski definition) is 2. The predicted molar refractivity (Wildman–Crippen MR) is 97.5 cm³/mol. The van der Waals surface area contributed by atoms with Crippen LogP contribution in [0.15, 0.2) is 33.7 Å². The number of ether oxygens (including phenoxy) is 4. The zero-order chi connectivity index (χ0) is 19.7. The molecule has 1 aromatic heterocycles. The van der Waals surface area contributed by atoms with E-state index in [0.29, 0.717) is 5.75 Å². The van der Waals surface area contributed by atoms with Crippen LogP contribution in [0, 0.1) is 0 Å². The molecule has 0 spiro atoms. The fraction of sp³-hybridized carbons (Fsp3) is 0.211. The van der Waals surface area contributed by atoms with Crippen molar-refractivity contribution in [1.29, 1.82) is 0 Å². The Morgan fingerprint density at radius 3 is 2.11 bits per heavy atom. The van der Waals surface area contributed by atoms with Crippen molar-refractivity contribution in [3.8, 4) is 45.6 Å². The van der Waals surface area contributed by atoms with Gasteiger partial charge in [0.25, 0.3) is 0 Å². The van der Waals surface area contributed by atoms with Gasteiger partial charge in [-0.25, -0.2) is 0 Å². The van der Waals surface area contributed by atoms with E-state index < -0.39 is 11.2 Å². The van der Waals surface area contributed by atoms with Gasteiger partial charge in [0.15, 0.2) is 11.5 Å². The molecule has 0 unspecified atom stereocenters. The fourth-order valence-electron chi connectivity index (χ4n) is 2.94. The lowest BCUT2D eigenvalue weighted by Gasteiger charge is -2.18. The molecule has 0 saturated carbocycles. The first kappa shape index (κ1) is 18.2. The molecule has 0 aliphatic heterocycles. The molecule has 142 valence electrons. The molecule has 0 amide bonds. The number of methoxy groups -OCH3 is 4. The lowest BCUT2D eigenvalue weighted by Crippen LogP contribution is -2.08. The van der Waals surface area contributed by atoms with E-state index in [0.717, 1.165) is 6.07 Å². The first-order chi connectivity index (χ1) is 13.0. The summed E-state index contributed by atoms with van der Waals surface area (Å²) in [5.41, 5.74) is -0.129. The Kier molecular flexibility index (Phi) is 4.72. The zero-order valence-corrected chi connectivity index (χ0v) is 15.2. The summed E-state index contributed by atoms with van der Waals surface area (Å²) in [6, 6.07) is 3.85. The second-order valence-electron chi connectivity index (χ2n) is 5.54. The predicted octanol–water partition coefficient (Wildman–Crippen LogP) is 2.91. The second kappa shape index (κ2) is 6.99.